The molecule has 1 heterocycles. The highest BCUT2D eigenvalue weighted by Gasteiger charge is 2.38. The average Bonchev–Trinajstić information content (AvgIpc) is 2.46. The van der Waals surface area contributed by atoms with Gasteiger partial charge in [-0.05, 0) is 55.7 Å². The van der Waals surface area contributed by atoms with Gasteiger partial charge in [-0.3, -0.25) is 0 Å². The molecule has 2 fully saturated rings. The molecule has 110 valence electrons. The van der Waals surface area contributed by atoms with Gasteiger partial charge in [-0.1, -0.05) is 19.1 Å². The van der Waals surface area contributed by atoms with E-state index in [1.807, 2.05) is 12.1 Å². The summed E-state index contributed by atoms with van der Waals surface area (Å²) < 4.78 is 19.7. The molecule has 1 spiro atoms. The molecular weight excluding hydrogens is 253 g/mol. The van der Waals surface area contributed by atoms with Crippen molar-refractivity contribution in [3.8, 4) is 0 Å². The summed E-state index contributed by atoms with van der Waals surface area (Å²) in [6, 6.07) is 5.43. The van der Waals surface area contributed by atoms with Crippen LogP contribution >= 0.6 is 0 Å². The van der Waals surface area contributed by atoms with Crippen molar-refractivity contribution in [2.45, 2.75) is 51.2 Å². The van der Waals surface area contributed by atoms with Gasteiger partial charge >= 0.3 is 0 Å². The van der Waals surface area contributed by atoms with E-state index in [1.165, 1.54) is 25.7 Å². The lowest BCUT2D eigenvalue weighted by atomic mass is 9.77. The Morgan fingerprint density at radius 2 is 2.05 bits per heavy atom. The predicted molar refractivity (Wildman–Crippen MR) is 78.2 cm³/mol. The number of morpholine rings is 1. The lowest BCUT2D eigenvalue weighted by Crippen LogP contribution is -2.56. The Hall–Kier alpha value is -0.930. The first kappa shape index (κ1) is 14.0. The number of nitrogens with one attached hydrogen (secondary N) is 1. The van der Waals surface area contributed by atoms with Gasteiger partial charge in [-0.2, -0.15) is 0 Å². The fourth-order valence-corrected chi connectivity index (χ4v) is 3.34. The number of hydrogen-bond acceptors (Lipinski definition) is 2. The van der Waals surface area contributed by atoms with Gasteiger partial charge in [0.25, 0.3) is 0 Å². The van der Waals surface area contributed by atoms with E-state index in [-0.39, 0.29) is 17.5 Å². The van der Waals surface area contributed by atoms with Crippen LogP contribution in [0.3, 0.4) is 0 Å². The molecule has 2 aliphatic rings. The molecule has 1 atom stereocenters. The van der Waals surface area contributed by atoms with Crippen molar-refractivity contribution in [3.63, 3.8) is 0 Å². The monoisotopic (exact) mass is 277 g/mol. The molecule has 1 aliphatic carbocycles. The standard InChI is InChI=1S/C17H24FNO/c1-12-5-7-17(8-6-12)11-20-16(10-19-17)14-4-3-13(2)15(18)9-14/h3-4,9,12,16,19H,5-8,10-11H2,1-2H3. The zero-order valence-corrected chi connectivity index (χ0v) is 12.4. The Morgan fingerprint density at radius 3 is 2.65 bits per heavy atom. The highest BCUT2D eigenvalue weighted by Crippen LogP contribution is 2.36. The van der Waals surface area contributed by atoms with Crippen LogP contribution in [0.1, 0.15) is 49.8 Å². The summed E-state index contributed by atoms with van der Waals surface area (Å²) in [6.45, 7) is 5.66. The minimum atomic E-state index is -0.141. The van der Waals surface area contributed by atoms with E-state index in [2.05, 4.69) is 12.2 Å². The van der Waals surface area contributed by atoms with Gasteiger partial charge in [0.1, 0.15) is 5.82 Å². The summed E-state index contributed by atoms with van der Waals surface area (Å²) in [5, 5.41) is 3.69. The van der Waals surface area contributed by atoms with Gasteiger partial charge < -0.3 is 10.1 Å². The van der Waals surface area contributed by atoms with Gasteiger partial charge in [0.2, 0.25) is 0 Å². The van der Waals surface area contributed by atoms with Crippen LogP contribution in [-0.2, 0) is 4.74 Å². The van der Waals surface area contributed by atoms with Gasteiger partial charge in [0.05, 0.1) is 12.7 Å². The molecule has 1 aliphatic heterocycles. The molecule has 1 saturated carbocycles. The third-order valence-corrected chi connectivity index (χ3v) is 5.02. The third kappa shape index (κ3) is 2.75. The van der Waals surface area contributed by atoms with E-state index in [0.29, 0.717) is 5.56 Å². The summed E-state index contributed by atoms with van der Waals surface area (Å²) in [5.41, 5.74) is 1.81. The maximum absolute atomic E-state index is 13.6. The van der Waals surface area contributed by atoms with Crippen molar-refractivity contribution >= 4 is 0 Å². The van der Waals surface area contributed by atoms with Crippen molar-refractivity contribution in [1.82, 2.24) is 5.32 Å². The number of rotatable bonds is 1. The van der Waals surface area contributed by atoms with Crippen molar-refractivity contribution in [2.75, 3.05) is 13.2 Å². The first-order chi connectivity index (χ1) is 9.58. The lowest BCUT2D eigenvalue weighted by Gasteiger charge is -2.45. The van der Waals surface area contributed by atoms with Gasteiger partial charge in [0.15, 0.2) is 0 Å². The molecule has 0 amide bonds. The van der Waals surface area contributed by atoms with Crippen LogP contribution in [0.15, 0.2) is 18.2 Å². The van der Waals surface area contributed by atoms with Crippen LogP contribution in [0.25, 0.3) is 0 Å². The molecule has 2 nitrogen and oxygen atoms in total. The normalized spacial score (nSPS) is 34.4. The van der Waals surface area contributed by atoms with E-state index in [9.17, 15) is 4.39 Å². The summed E-state index contributed by atoms with van der Waals surface area (Å²) in [7, 11) is 0. The zero-order valence-electron chi connectivity index (χ0n) is 12.4. The largest absolute Gasteiger partial charge is 0.370 e. The minimum absolute atomic E-state index is 0.0184. The predicted octanol–water partition coefficient (Wildman–Crippen LogP) is 3.74. The Bertz CT molecular complexity index is 470. The third-order valence-electron chi connectivity index (χ3n) is 5.02. The Balaban J connectivity index is 1.65. The van der Waals surface area contributed by atoms with Crippen molar-refractivity contribution in [3.05, 3.63) is 35.1 Å². The molecule has 1 aromatic carbocycles. The van der Waals surface area contributed by atoms with E-state index >= 15 is 0 Å². The summed E-state index contributed by atoms with van der Waals surface area (Å²) >= 11 is 0. The highest BCUT2D eigenvalue weighted by atomic mass is 19.1. The van der Waals surface area contributed by atoms with Gasteiger partial charge in [0, 0.05) is 12.1 Å². The van der Waals surface area contributed by atoms with E-state index in [0.717, 1.165) is 24.6 Å². The summed E-state index contributed by atoms with van der Waals surface area (Å²) in [6.07, 6.45) is 4.93. The second-order valence-corrected chi connectivity index (χ2v) is 6.65. The van der Waals surface area contributed by atoms with Crippen molar-refractivity contribution < 1.29 is 9.13 Å². The van der Waals surface area contributed by atoms with Crippen LogP contribution in [0.5, 0.6) is 0 Å². The lowest BCUT2D eigenvalue weighted by molar-refractivity contribution is -0.0505. The average molecular weight is 277 g/mol. The number of benzene rings is 1. The number of ether oxygens (including phenoxy) is 1. The molecule has 1 unspecified atom stereocenters. The van der Waals surface area contributed by atoms with Crippen LogP contribution in [-0.4, -0.2) is 18.7 Å². The van der Waals surface area contributed by atoms with Crippen molar-refractivity contribution in [1.29, 1.82) is 0 Å². The molecule has 1 N–H and O–H groups in total. The van der Waals surface area contributed by atoms with Crippen LogP contribution in [0.4, 0.5) is 4.39 Å². The van der Waals surface area contributed by atoms with Crippen LogP contribution in [0, 0.1) is 18.7 Å². The molecule has 3 rings (SSSR count). The molecule has 0 bridgehead atoms. The van der Waals surface area contributed by atoms with E-state index in [1.54, 1.807) is 13.0 Å². The molecule has 0 radical (unpaired) electrons. The summed E-state index contributed by atoms with van der Waals surface area (Å²) in [4.78, 5) is 0. The molecule has 0 aromatic heterocycles. The second kappa shape index (κ2) is 5.45. The Kier molecular flexibility index (Phi) is 3.83. The first-order valence-electron chi connectivity index (χ1n) is 7.71. The Morgan fingerprint density at radius 1 is 1.30 bits per heavy atom. The van der Waals surface area contributed by atoms with Crippen LogP contribution < -0.4 is 5.32 Å². The van der Waals surface area contributed by atoms with Crippen molar-refractivity contribution in [2.24, 2.45) is 5.92 Å². The first-order valence-corrected chi connectivity index (χ1v) is 7.71. The molecule has 1 aromatic rings. The maximum atomic E-state index is 13.6. The van der Waals surface area contributed by atoms with Gasteiger partial charge in [-0.25, -0.2) is 4.39 Å². The second-order valence-electron chi connectivity index (χ2n) is 6.65. The number of halogens is 1. The van der Waals surface area contributed by atoms with Gasteiger partial charge in [-0.15, -0.1) is 0 Å². The quantitative estimate of drug-likeness (QED) is 0.844. The summed E-state index contributed by atoms with van der Waals surface area (Å²) in [5.74, 6) is 0.698. The molecule has 1 saturated heterocycles. The van der Waals surface area contributed by atoms with E-state index in [4.69, 9.17) is 4.74 Å². The molecule has 20 heavy (non-hydrogen) atoms. The van der Waals surface area contributed by atoms with Crippen LogP contribution in [0.2, 0.25) is 0 Å². The SMILES string of the molecule is Cc1ccc(C2CNC3(CCC(C)CC3)CO2)cc1F. The highest BCUT2D eigenvalue weighted by molar-refractivity contribution is 5.25. The Labute approximate surface area is 120 Å². The topological polar surface area (TPSA) is 21.3 Å². The van der Waals surface area contributed by atoms with E-state index < -0.39 is 0 Å². The minimum Gasteiger partial charge on any atom is -0.370 e. The fraction of sp³-hybridized carbons (Fsp3) is 0.647. The molecule has 3 heteroatoms. The smallest absolute Gasteiger partial charge is 0.126 e. The zero-order chi connectivity index (χ0) is 14.2. The maximum Gasteiger partial charge on any atom is 0.126 e. The fourth-order valence-electron chi connectivity index (χ4n) is 3.34. The number of hydrogen-bond donors (Lipinski definition) is 1. The molecular formula is C17H24FNO. The number of aryl methyl sites for hydroxylation is 1.